The molecule has 0 atom stereocenters. The van der Waals surface area contributed by atoms with Gasteiger partial charge < -0.3 is 5.32 Å². The summed E-state index contributed by atoms with van der Waals surface area (Å²) in [5, 5.41) is 2.63. The van der Waals surface area contributed by atoms with Crippen LogP contribution < -0.4 is 5.32 Å². The van der Waals surface area contributed by atoms with E-state index >= 15 is 0 Å². The van der Waals surface area contributed by atoms with Crippen molar-refractivity contribution in [3.8, 4) is 0 Å². The number of rotatable bonds is 7. The molecule has 1 N–H and O–H groups in total. The van der Waals surface area contributed by atoms with Crippen LogP contribution in [0.15, 0.2) is 59.8 Å². The molecule has 6 heteroatoms. The standard InChI is InChI=1S/C18H22N2O3S/c1-18(2,24(22,23)16-12-6-7-13-19-16)17(21)20-14-8-11-15-9-4-3-5-10-15/h3-7,9-10,12-13H,8,11,14H2,1-2H3,(H,20,21). The van der Waals surface area contributed by atoms with Crippen molar-refractivity contribution in [2.45, 2.75) is 36.5 Å². The summed E-state index contributed by atoms with van der Waals surface area (Å²) in [7, 11) is -3.85. The van der Waals surface area contributed by atoms with E-state index in [-0.39, 0.29) is 5.03 Å². The third kappa shape index (κ3) is 4.00. The van der Waals surface area contributed by atoms with Crippen LogP contribution in [0.25, 0.3) is 0 Å². The molecule has 0 aliphatic carbocycles. The number of carbonyl (C=O) groups excluding carboxylic acids is 1. The van der Waals surface area contributed by atoms with Crippen molar-refractivity contribution in [3.63, 3.8) is 0 Å². The highest BCUT2D eigenvalue weighted by molar-refractivity contribution is 7.93. The van der Waals surface area contributed by atoms with Crippen LogP contribution in [0.2, 0.25) is 0 Å². The molecule has 0 saturated heterocycles. The molecule has 1 amide bonds. The van der Waals surface area contributed by atoms with Gasteiger partial charge in [0.05, 0.1) is 0 Å². The summed E-state index contributed by atoms with van der Waals surface area (Å²) in [4.78, 5) is 16.2. The van der Waals surface area contributed by atoms with Crippen LogP contribution in [0.5, 0.6) is 0 Å². The molecule has 0 spiro atoms. The maximum Gasteiger partial charge on any atom is 0.241 e. The number of sulfone groups is 1. The zero-order chi connectivity index (χ0) is 17.6. The Kier molecular flexibility index (Phi) is 5.72. The molecular weight excluding hydrogens is 324 g/mol. The van der Waals surface area contributed by atoms with Crippen LogP contribution in [-0.4, -0.2) is 30.6 Å². The zero-order valence-corrected chi connectivity index (χ0v) is 14.7. The van der Waals surface area contributed by atoms with Gasteiger partial charge in [0.1, 0.15) is 0 Å². The van der Waals surface area contributed by atoms with Crippen molar-refractivity contribution in [1.82, 2.24) is 10.3 Å². The summed E-state index contributed by atoms with van der Waals surface area (Å²) >= 11 is 0. The third-order valence-electron chi connectivity index (χ3n) is 3.90. The van der Waals surface area contributed by atoms with E-state index in [1.54, 1.807) is 12.1 Å². The molecule has 1 aromatic heterocycles. The molecule has 0 unspecified atom stereocenters. The van der Waals surface area contributed by atoms with Gasteiger partial charge in [-0.25, -0.2) is 13.4 Å². The lowest BCUT2D eigenvalue weighted by Crippen LogP contribution is -2.48. The fourth-order valence-corrected chi connectivity index (χ4v) is 3.54. The van der Waals surface area contributed by atoms with Crippen molar-refractivity contribution in [3.05, 3.63) is 60.3 Å². The normalized spacial score (nSPS) is 11.9. The third-order valence-corrected chi connectivity index (χ3v) is 6.22. The number of carbonyl (C=O) groups is 1. The number of aryl methyl sites for hydroxylation is 1. The Labute approximate surface area is 143 Å². The lowest BCUT2D eigenvalue weighted by molar-refractivity contribution is -0.122. The first kappa shape index (κ1) is 18.1. The number of hydrogen-bond acceptors (Lipinski definition) is 4. The van der Waals surface area contributed by atoms with E-state index in [4.69, 9.17) is 0 Å². The van der Waals surface area contributed by atoms with Gasteiger partial charge >= 0.3 is 0 Å². The molecule has 2 aromatic rings. The van der Waals surface area contributed by atoms with Crippen LogP contribution in [0, 0.1) is 0 Å². The fraction of sp³-hybridized carbons (Fsp3) is 0.333. The van der Waals surface area contributed by atoms with Gasteiger partial charge in [0.25, 0.3) is 0 Å². The Morgan fingerprint density at radius 1 is 1.08 bits per heavy atom. The van der Waals surface area contributed by atoms with E-state index in [2.05, 4.69) is 10.3 Å². The molecule has 1 aromatic carbocycles. The molecule has 128 valence electrons. The first-order valence-electron chi connectivity index (χ1n) is 7.83. The minimum Gasteiger partial charge on any atom is -0.355 e. The molecule has 0 aliphatic heterocycles. The van der Waals surface area contributed by atoms with E-state index in [0.29, 0.717) is 6.54 Å². The minimum absolute atomic E-state index is 0.0885. The molecule has 24 heavy (non-hydrogen) atoms. The van der Waals surface area contributed by atoms with E-state index in [0.717, 1.165) is 12.8 Å². The topological polar surface area (TPSA) is 76.1 Å². The van der Waals surface area contributed by atoms with E-state index in [1.165, 1.54) is 31.7 Å². The number of nitrogens with one attached hydrogen (secondary N) is 1. The second-order valence-electron chi connectivity index (χ2n) is 6.03. The highest BCUT2D eigenvalue weighted by Crippen LogP contribution is 2.24. The first-order valence-corrected chi connectivity index (χ1v) is 9.32. The first-order chi connectivity index (χ1) is 11.4. The van der Waals surface area contributed by atoms with Gasteiger partial charge in [-0.05, 0) is 44.4 Å². The Balaban J connectivity index is 1.95. The molecule has 0 bridgehead atoms. The van der Waals surface area contributed by atoms with Crippen molar-refractivity contribution < 1.29 is 13.2 Å². The molecule has 5 nitrogen and oxygen atoms in total. The number of hydrogen-bond donors (Lipinski definition) is 1. The number of aromatic nitrogens is 1. The number of nitrogens with zero attached hydrogens (tertiary/aromatic N) is 1. The molecule has 0 radical (unpaired) electrons. The molecule has 0 aliphatic rings. The van der Waals surface area contributed by atoms with Gasteiger partial charge in [-0.15, -0.1) is 0 Å². The second-order valence-corrected chi connectivity index (χ2v) is 8.47. The highest BCUT2D eigenvalue weighted by Gasteiger charge is 2.43. The van der Waals surface area contributed by atoms with Crippen LogP contribution in [0.3, 0.4) is 0 Å². The van der Waals surface area contributed by atoms with Crippen LogP contribution in [0.1, 0.15) is 25.8 Å². The van der Waals surface area contributed by atoms with Crippen molar-refractivity contribution in [2.24, 2.45) is 0 Å². The van der Waals surface area contributed by atoms with Crippen molar-refractivity contribution in [1.29, 1.82) is 0 Å². The van der Waals surface area contributed by atoms with Crippen LogP contribution >= 0.6 is 0 Å². The van der Waals surface area contributed by atoms with E-state index < -0.39 is 20.5 Å². The lowest BCUT2D eigenvalue weighted by atomic mass is 10.1. The maximum absolute atomic E-state index is 12.6. The second kappa shape index (κ2) is 7.57. The van der Waals surface area contributed by atoms with Gasteiger partial charge in [0.15, 0.2) is 9.77 Å². The van der Waals surface area contributed by atoms with Gasteiger partial charge in [0, 0.05) is 12.7 Å². The summed E-state index contributed by atoms with van der Waals surface area (Å²) in [5.41, 5.74) is 1.19. The predicted octanol–water partition coefficient (Wildman–Crippen LogP) is 2.38. The molecule has 1 heterocycles. The predicted molar refractivity (Wildman–Crippen MR) is 93.3 cm³/mol. The lowest BCUT2D eigenvalue weighted by Gasteiger charge is -2.23. The zero-order valence-electron chi connectivity index (χ0n) is 13.9. The van der Waals surface area contributed by atoms with Gasteiger partial charge in [-0.1, -0.05) is 36.4 Å². The Morgan fingerprint density at radius 3 is 2.38 bits per heavy atom. The highest BCUT2D eigenvalue weighted by atomic mass is 32.2. The average molecular weight is 346 g/mol. The van der Waals surface area contributed by atoms with Gasteiger partial charge in [-0.3, -0.25) is 4.79 Å². The average Bonchev–Trinajstić information content (AvgIpc) is 2.60. The summed E-state index contributed by atoms with van der Waals surface area (Å²) in [6.45, 7) is 3.24. The summed E-state index contributed by atoms with van der Waals surface area (Å²) in [6.07, 6.45) is 2.98. The minimum atomic E-state index is -3.85. The largest absolute Gasteiger partial charge is 0.355 e. The fourth-order valence-electron chi connectivity index (χ4n) is 2.24. The Morgan fingerprint density at radius 2 is 1.75 bits per heavy atom. The molecule has 0 fully saturated rings. The molecule has 2 rings (SSSR count). The van der Waals surface area contributed by atoms with Crippen molar-refractivity contribution >= 4 is 15.7 Å². The smallest absolute Gasteiger partial charge is 0.241 e. The summed E-state index contributed by atoms with van der Waals surface area (Å²) in [5.74, 6) is -0.513. The summed E-state index contributed by atoms with van der Waals surface area (Å²) < 4.78 is 23.7. The molecule has 0 saturated carbocycles. The van der Waals surface area contributed by atoms with Crippen molar-refractivity contribution in [2.75, 3.05) is 6.54 Å². The maximum atomic E-state index is 12.6. The quantitative estimate of drug-likeness (QED) is 0.781. The number of amides is 1. The van der Waals surface area contributed by atoms with Crippen LogP contribution in [0.4, 0.5) is 0 Å². The van der Waals surface area contributed by atoms with E-state index in [1.807, 2.05) is 30.3 Å². The number of benzene rings is 1. The Bertz CT molecular complexity index is 772. The van der Waals surface area contributed by atoms with Gasteiger partial charge in [0.2, 0.25) is 15.7 Å². The van der Waals surface area contributed by atoms with Crippen LogP contribution in [-0.2, 0) is 21.1 Å². The SMILES string of the molecule is CC(C)(C(=O)NCCCc1ccccc1)S(=O)(=O)c1ccccn1. The van der Waals surface area contributed by atoms with E-state index in [9.17, 15) is 13.2 Å². The molecular formula is C18H22N2O3S. The summed E-state index contributed by atoms with van der Waals surface area (Å²) in [6, 6.07) is 14.6. The Hall–Kier alpha value is -2.21. The number of pyridine rings is 1. The van der Waals surface area contributed by atoms with Gasteiger partial charge in [-0.2, -0.15) is 0 Å². The monoisotopic (exact) mass is 346 g/mol.